The fourth-order valence-corrected chi connectivity index (χ4v) is 0.604. The average molecular weight is 160 g/mol. The molecule has 2 nitrogen and oxygen atoms in total. The first-order valence-electron chi connectivity index (χ1n) is 2.62. The molecule has 5 heteroatoms. The van der Waals surface area contributed by atoms with Gasteiger partial charge in [0.1, 0.15) is 12.0 Å². The third-order valence-electron chi connectivity index (χ3n) is 1.06. The van der Waals surface area contributed by atoms with Crippen LogP contribution in [0.5, 0.6) is 0 Å². The van der Waals surface area contributed by atoms with Crippen LogP contribution in [0.15, 0.2) is 12.5 Å². The normalized spacial score (nSPS) is 11.1. The molecule has 0 atom stereocenters. The molecule has 0 spiro atoms. The predicted molar refractivity (Wildman–Crippen MR) is 31.5 cm³/mol. The third-order valence-corrected chi connectivity index (χ3v) is 1.06. The number of terminal acetylenes is 1. The van der Waals surface area contributed by atoms with Gasteiger partial charge in [-0.05, 0) is 0 Å². The van der Waals surface area contributed by atoms with Crippen LogP contribution in [0.2, 0.25) is 0 Å². The van der Waals surface area contributed by atoms with Crippen LogP contribution in [0.1, 0.15) is 5.69 Å². The van der Waals surface area contributed by atoms with E-state index in [1.807, 2.05) is 5.92 Å². The Morgan fingerprint density at radius 1 is 1.55 bits per heavy atom. The minimum absolute atomic E-state index is 0.0208. The molecule has 1 rings (SSSR count). The summed E-state index contributed by atoms with van der Waals surface area (Å²) in [6, 6.07) is 0. The number of hydrogen-bond acceptors (Lipinski definition) is 1. The number of nitrogens with zero attached hydrogens (tertiary/aromatic N) is 2. The Hall–Kier alpha value is -1.44. The van der Waals surface area contributed by atoms with Crippen LogP contribution >= 0.6 is 0 Å². The molecule has 0 aromatic carbocycles. The zero-order chi connectivity index (χ0) is 8.48. The van der Waals surface area contributed by atoms with Crippen LogP contribution in [0, 0.1) is 12.3 Å². The van der Waals surface area contributed by atoms with E-state index < -0.39 is 6.30 Å². The minimum atomic E-state index is -4.47. The topological polar surface area (TPSA) is 17.8 Å². The van der Waals surface area contributed by atoms with Crippen molar-refractivity contribution < 1.29 is 13.2 Å². The second-order valence-electron chi connectivity index (χ2n) is 1.76. The summed E-state index contributed by atoms with van der Waals surface area (Å²) in [5.74, 6) is 1.86. The van der Waals surface area contributed by atoms with E-state index in [0.29, 0.717) is 6.33 Å². The van der Waals surface area contributed by atoms with Crippen LogP contribution in [0.4, 0.5) is 13.2 Å². The molecule has 0 aliphatic carbocycles. The Bertz CT molecular complexity index is 292. The molecule has 0 saturated heterocycles. The quantitative estimate of drug-likeness (QED) is 0.523. The van der Waals surface area contributed by atoms with E-state index in [2.05, 4.69) is 4.98 Å². The highest BCUT2D eigenvalue weighted by Crippen LogP contribution is 2.22. The second kappa shape index (κ2) is 2.31. The highest BCUT2D eigenvalue weighted by atomic mass is 19.4. The minimum Gasteiger partial charge on any atom is -0.244 e. The number of imidazole rings is 1. The van der Waals surface area contributed by atoms with Gasteiger partial charge in [0.05, 0.1) is 6.20 Å². The summed E-state index contributed by atoms with van der Waals surface area (Å²) in [7, 11) is 0. The molecule has 0 aliphatic heterocycles. The summed E-state index contributed by atoms with van der Waals surface area (Å²) >= 11 is 0. The third kappa shape index (κ3) is 1.34. The fraction of sp³-hybridized carbons (Fsp3) is 0.167. The Labute approximate surface area is 60.7 Å². The van der Waals surface area contributed by atoms with Gasteiger partial charge in [0.2, 0.25) is 0 Å². The monoisotopic (exact) mass is 160 g/mol. The van der Waals surface area contributed by atoms with Crippen molar-refractivity contribution in [1.82, 2.24) is 9.55 Å². The lowest BCUT2D eigenvalue weighted by molar-refractivity contribution is -0.204. The highest BCUT2D eigenvalue weighted by molar-refractivity contribution is 5.22. The van der Waals surface area contributed by atoms with Gasteiger partial charge in [-0.3, -0.25) is 0 Å². The van der Waals surface area contributed by atoms with Crippen molar-refractivity contribution in [2.75, 3.05) is 0 Å². The molecule has 0 bridgehead atoms. The van der Waals surface area contributed by atoms with Crippen LogP contribution in [0.25, 0.3) is 0 Å². The summed E-state index contributed by atoms with van der Waals surface area (Å²) in [5.41, 5.74) is -0.294. The SMILES string of the molecule is C#Cc1cncn1C(F)(F)F. The Balaban J connectivity index is 3.15. The molecule has 0 fully saturated rings. The molecule has 1 aromatic rings. The van der Waals surface area contributed by atoms with Gasteiger partial charge in [0, 0.05) is 0 Å². The molecule has 11 heavy (non-hydrogen) atoms. The average Bonchev–Trinajstić information content (AvgIpc) is 2.31. The van der Waals surface area contributed by atoms with Gasteiger partial charge in [0.25, 0.3) is 0 Å². The van der Waals surface area contributed by atoms with Crippen molar-refractivity contribution in [2.45, 2.75) is 6.30 Å². The zero-order valence-corrected chi connectivity index (χ0v) is 5.26. The smallest absolute Gasteiger partial charge is 0.244 e. The van der Waals surface area contributed by atoms with Crippen molar-refractivity contribution in [1.29, 1.82) is 0 Å². The van der Waals surface area contributed by atoms with Gasteiger partial charge in [-0.2, -0.15) is 0 Å². The van der Waals surface area contributed by atoms with Gasteiger partial charge >= 0.3 is 6.30 Å². The molecule has 1 aromatic heterocycles. The van der Waals surface area contributed by atoms with Gasteiger partial charge in [-0.25, -0.2) is 9.55 Å². The lowest BCUT2D eigenvalue weighted by Crippen LogP contribution is -2.16. The molecule has 0 aliphatic rings. The van der Waals surface area contributed by atoms with E-state index >= 15 is 0 Å². The van der Waals surface area contributed by atoms with Crippen molar-refractivity contribution in [3.8, 4) is 12.3 Å². The van der Waals surface area contributed by atoms with E-state index in [1.165, 1.54) is 0 Å². The maximum atomic E-state index is 11.9. The van der Waals surface area contributed by atoms with Crippen LogP contribution in [0.3, 0.4) is 0 Å². The zero-order valence-electron chi connectivity index (χ0n) is 5.26. The second-order valence-corrected chi connectivity index (χ2v) is 1.76. The van der Waals surface area contributed by atoms with Gasteiger partial charge in [-0.1, -0.05) is 5.92 Å². The standard InChI is InChI=1S/C6H3F3N2/c1-2-5-3-10-4-11(5)6(7,8)9/h1,3-4H. The van der Waals surface area contributed by atoms with E-state index in [-0.39, 0.29) is 10.3 Å². The summed E-state index contributed by atoms with van der Waals surface area (Å²) in [6.45, 7) is 0. The number of rotatable bonds is 0. The molecule has 1 heterocycles. The molecular formula is C6H3F3N2. The lowest BCUT2D eigenvalue weighted by Gasteiger charge is -2.06. The van der Waals surface area contributed by atoms with Crippen molar-refractivity contribution >= 4 is 0 Å². The molecule has 0 unspecified atom stereocenters. The summed E-state index contributed by atoms with van der Waals surface area (Å²) < 4.78 is 35.7. The van der Waals surface area contributed by atoms with Crippen molar-refractivity contribution in [3.05, 3.63) is 18.2 Å². The first-order chi connectivity index (χ1) is 5.05. The van der Waals surface area contributed by atoms with E-state index in [0.717, 1.165) is 6.20 Å². The summed E-state index contributed by atoms with van der Waals surface area (Å²) in [6.07, 6.45) is 1.92. The Kier molecular flexibility index (Phi) is 1.61. The summed E-state index contributed by atoms with van der Waals surface area (Å²) in [4.78, 5) is 3.26. The van der Waals surface area contributed by atoms with Gasteiger partial charge in [0.15, 0.2) is 0 Å². The first kappa shape index (κ1) is 7.66. The molecular weight excluding hydrogens is 157 g/mol. The fourth-order valence-electron chi connectivity index (χ4n) is 0.604. The molecule has 58 valence electrons. The highest BCUT2D eigenvalue weighted by Gasteiger charge is 2.31. The number of aromatic nitrogens is 2. The van der Waals surface area contributed by atoms with Crippen LogP contribution < -0.4 is 0 Å². The van der Waals surface area contributed by atoms with Crippen molar-refractivity contribution in [3.63, 3.8) is 0 Å². The van der Waals surface area contributed by atoms with Crippen molar-refractivity contribution in [2.24, 2.45) is 0 Å². The molecule has 0 radical (unpaired) electrons. The lowest BCUT2D eigenvalue weighted by atomic mass is 10.5. The number of hydrogen-bond donors (Lipinski definition) is 0. The Morgan fingerprint density at radius 2 is 2.18 bits per heavy atom. The van der Waals surface area contributed by atoms with Gasteiger partial charge < -0.3 is 0 Å². The van der Waals surface area contributed by atoms with Crippen LogP contribution in [-0.2, 0) is 6.30 Å². The largest absolute Gasteiger partial charge is 0.490 e. The predicted octanol–water partition coefficient (Wildman–Crippen LogP) is 1.34. The molecule has 0 amide bonds. The Morgan fingerprint density at radius 3 is 2.55 bits per heavy atom. The van der Waals surface area contributed by atoms with Gasteiger partial charge in [-0.15, -0.1) is 19.6 Å². The number of alkyl halides is 3. The maximum Gasteiger partial charge on any atom is 0.490 e. The van der Waals surface area contributed by atoms with E-state index in [1.54, 1.807) is 0 Å². The van der Waals surface area contributed by atoms with E-state index in [4.69, 9.17) is 6.42 Å². The maximum absolute atomic E-state index is 11.9. The van der Waals surface area contributed by atoms with Crippen LogP contribution in [-0.4, -0.2) is 9.55 Å². The first-order valence-corrected chi connectivity index (χ1v) is 2.62. The molecule has 0 N–H and O–H groups in total. The number of halogens is 3. The van der Waals surface area contributed by atoms with E-state index in [9.17, 15) is 13.2 Å². The molecule has 0 saturated carbocycles. The summed E-state index contributed by atoms with van der Waals surface area (Å²) in [5, 5.41) is 0.